The molecule has 0 radical (unpaired) electrons. The van der Waals surface area contributed by atoms with Crippen LogP contribution in [0.15, 0.2) is 77.7 Å². The van der Waals surface area contributed by atoms with E-state index in [9.17, 15) is 13.2 Å². The third kappa shape index (κ3) is 3.77. The van der Waals surface area contributed by atoms with Crippen LogP contribution in [0.25, 0.3) is 22.3 Å². The van der Waals surface area contributed by atoms with Crippen molar-refractivity contribution in [1.82, 2.24) is 4.72 Å². The number of nitrogens with one attached hydrogen (secondary N) is 1. The molecule has 0 aromatic heterocycles. The van der Waals surface area contributed by atoms with Crippen LogP contribution in [0, 0.1) is 0 Å². The Bertz CT molecular complexity index is 1080. The van der Waals surface area contributed by atoms with Crippen LogP contribution in [0.1, 0.15) is 10.4 Å². The van der Waals surface area contributed by atoms with E-state index in [0.29, 0.717) is 22.3 Å². The number of sulfonamides is 1. The molecule has 0 aliphatic rings. The Kier molecular flexibility index (Phi) is 5.39. The quantitative estimate of drug-likeness (QED) is 0.684. The smallest absolute Gasteiger partial charge is 0.338 e. The molecule has 0 heterocycles. The molecule has 0 saturated carbocycles. The van der Waals surface area contributed by atoms with E-state index in [1.807, 2.05) is 36.4 Å². The van der Waals surface area contributed by atoms with Gasteiger partial charge in [0.15, 0.2) is 0 Å². The number of esters is 1. The second-order valence-corrected chi connectivity index (χ2v) is 7.68. The van der Waals surface area contributed by atoms with E-state index in [1.54, 1.807) is 36.4 Å². The lowest BCUT2D eigenvalue weighted by molar-refractivity contribution is 0.0601. The van der Waals surface area contributed by atoms with Crippen LogP contribution in [0.2, 0.25) is 0 Å². The van der Waals surface area contributed by atoms with E-state index in [2.05, 4.69) is 4.72 Å². The van der Waals surface area contributed by atoms with Crippen molar-refractivity contribution in [3.63, 3.8) is 0 Å². The van der Waals surface area contributed by atoms with Gasteiger partial charge in [0.25, 0.3) is 0 Å². The van der Waals surface area contributed by atoms with Gasteiger partial charge in [0.1, 0.15) is 0 Å². The average molecular weight is 381 g/mol. The molecule has 0 bridgehead atoms. The van der Waals surface area contributed by atoms with Gasteiger partial charge in [-0.05, 0) is 41.9 Å². The van der Waals surface area contributed by atoms with Gasteiger partial charge in [-0.2, -0.15) is 0 Å². The Hall–Kier alpha value is -2.96. The SMILES string of the molecule is CNS(=O)(=O)c1ccccc1-c1ccc(C(=O)OC)c(-c2ccccc2)c1. The van der Waals surface area contributed by atoms with Crippen molar-refractivity contribution >= 4 is 16.0 Å². The van der Waals surface area contributed by atoms with Crippen molar-refractivity contribution in [3.8, 4) is 22.3 Å². The summed E-state index contributed by atoms with van der Waals surface area (Å²) >= 11 is 0. The zero-order chi connectivity index (χ0) is 19.4. The number of hydrogen-bond donors (Lipinski definition) is 1. The summed E-state index contributed by atoms with van der Waals surface area (Å²) < 4.78 is 32.0. The van der Waals surface area contributed by atoms with Gasteiger partial charge in [0.2, 0.25) is 10.0 Å². The molecule has 0 saturated heterocycles. The predicted molar refractivity (Wildman–Crippen MR) is 105 cm³/mol. The number of hydrogen-bond acceptors (Lipinski definition) is 4. The largest absolute Gasteiger partial charge is 0.465 e. The molecular formula is C21H19NO4S. The third-order valence-corrected chi connectivity index (χ3v) is 5.74. The molecule has 0 spiro atoms. The molecule has 0 atom stereocenters. The first-order valence-corrected chi connectivity index (χ1v) is 9.77. The second kappa shape index (κ2) is 7.73. The van der Waals surface area contributed by atoms with Crippen LogP contribution >= 0.6 is 0 Å². The molecule has 3 aromatic rings. The molecule has 5 nitrogen and oxygen atoms in total. The molecule has 3 rings (SSSR count). The summed E-state index contributed by atoms with van der Waals surface area (Å²) in [6.45, 7) is 0. The van der Waals surface area contributed by atoms with Crippen molar-refractivity contribution in [2.24, 2.45) is 0 Å². The van der Waals surface area contributed by atoms with E-state index in [0.717, 1.165) is 5.56 Å². The molecular weight excluding hydrogens is 362 g/mol. The molecule has 0 aliphatic carbocycles. The third-order valence-electron chi connectivity index (χ3n) is 4.27. The summed E-state index contributed by atoms with van der Waals surface area (Å²) in [4.78, 5) is 12.4. The molecule has 0 fully saturated rings. The molecule has 0 amide bonds. The van der Waals surface area contributed by atoms with Crippen molar-refractivity contribution in [3.05, 3.63) is 78.4 Å². The van der Waals surface area contributed by atoms with Crippen LogP contribution in [0.4, 0.5) is 0 Å². The summed E-state index contributed by atoms with van der Waals surface area (Å²) in [5.41, 5.74) is 3.18. The van der Waals surface area contributed by atoms with Gasteiger partial charge in [0.05, 0.1) is 17.6 Å². The standard InChI is InChI=1S/C21H19NO4S/c1-22-27(24,25)20-11-7-6-10-17(20)16-12-13-18(21(23)26-2)19(14-16)15-8-4-3-5-9-15/h3-14,22H,1-2H3. The van der Waals surface area contributed by atoms with E-state index >= 15 is 0 Å². The van der Waals surface area contributed by atoms with Crippen LogP contribution < -0.4 is 4.72 Å². The highest BCUT2D eigenvalue weighted by Crippen LogP contribution is 2.33. The fourth-order valence-corrected chi connectivity index (χ4v) is 3.86. The Balaban J connectivity index is 2.25. The van der Waals surface area contributed by atoms with Crippen molar-refractivity contribution < 1.29 is 17.9 Å². The summed E-state index contributed by atoms with van der Waals surface area (Å²) in [5.74, 6) is -0.448. The maximum absolute atomic E-state index is 12.4. The fraction of sp³-hybridized carbons (Fsp3) is 0.0952. The highest BCUT2D eigenvalue weighted by Gasteiger charge is 2.19. The average Bonchev–Trinajstić information content (AvgIpc) is 2.73. The molecule has 1 N–H and O–H groups in total. The second-order valence-electron chi connectivity index (χ2n) is 5.82. The number of carbonyl (C=O) groups excluding carboxylic acids is 1. The van der Waals surface area contributed by atoms with Gasteiger partial charge in [-0.3, -0.25) is 0 Å². The van der Waals surface area contributed by atoms with E-state index in [1.165, 1.54) is 14.2 Å². The first kappa shape index (κ1) is 18.8. The Morgan fingerprint density at radius 3 is 2.19 bits per heavy atom. The first-order valence-electron chi connectivity index (χ1n) is 8.28. The normalized spacial score (nSPS) is 11.2. The number of benzene rings is 3. The van der Waals surface area contributed by atoms with Gasteiger partial charge in [-0.25, -0.2) is 17.9 Å². The zero-order valence-corrected chi connectivity index (χ0v) is 15.8. The van der Waals surface area contributed by atoms with Gasteiger partial charge in [-0.15, -0.1) is 0 Å². The summed E-state index contributed by atoms with van der Waals surface area (Å²) in [7, 11) is -0.917. The lowest BCUT2D eigenvalue weighted by Gasteiger charge is -2.14. The van der Waals surface area contributed by atoms with Gasteiger partial charge in [-0.1, -0.05) is 54.6 Å². The molecule has 0 unspecified atom stereocenters. The summed E-state index contributed by atoms with van der Waals surface area (Å²) in [6, 6.07) is 21.4. The number of carbonyl (C=O) groups is 1. The van der Waals surface area contributed by atoms with Crippen LogP contribution in [0.5, 0.6) is 0 Å². The number of methoxy groups -OCH3 is 1. The lowest BCUT2D eigenvalue weighted by Crippen LogP contribution is -2.19. The lowest BCUT2D eigenvalue weighted by atomic mass is 9.94. The van der Waals surface area contributed by atoms with E-state index < -0.39 is 16.0 Å². The highest BCUT2D eigenvalue weighted by molar-refractivity contribution is 7.89. The van der Waals surface area contributed by atoms with Crippen molar-refractivity contribution in [1.29, 1.82) is 0 Å². The monoisotopic (exact) mass is 381 g/mol. The van der Waals surface area contributed by atoms with Crippen molar-refractivity contribution in [2.45, 2.75) is 4.90 Å². The molecule has 6 heteroatoms. The highest BCUT2D eigenvalue weighted by atomic mass is 32.2. The summed E-state index contributed by atoms with van der Waals surface area (Å²) in [5, 5.41) is 0. The number of ether oxygens (including phenoxy) is 1. The topological polar surface area (TPSA) is 72.5 Å². The minimum Gasteiger partial charge on any atom is -0.465 e. The Morgan fingerprint density at radius 1 is 0.852 bits per heavy atom. The van der Waals surface area contributed by atoms with E-state index in [-0.39, 0.29) is 4.90 Å². The van der Waals surface area contributed by atoms with Crippen LogP contribution in [0.3, 0.4) is 0 Å². The van der Waals surface area contributed by atoms with E-state index in [4.69, 9.17) is 4.74 Å². The van der Waals surface area contributed by atoms with Crippen LogP contribution in [-0.4, -0.2) is 28.5 Å². The van der Waals surface area contributed by atoms with Crippen LogP contribution in [-0.2, 0) is 14.8 Å². The Morgan fingerprint density at radius 2 is 1.52 bits per heavy atom. The van der Waals surface area contributed by atoms with Gasteiger partial charge < -0.3 is 4.74 Å². The first-order chi connectivity index (χ1) is 13.0. The Labute approximate surface area is 158 Å². The molecule has 138 valence electrons. The minimum absolute atomic E-state index is 0.178. The zero-order valence-electron chi connectivity index (χ0n) is 15.0. The summed E-state index contributed by atoms with van der Waals surface area (Å²) in [6.07, 6.45) is 0. The fourth-order valence-electron chi connectivity index (χ4n) is 2.91. The molecule has 3 aromatic carbocycles. The molecule has 0 aliphatic heterocycles. The molecule has 27 heavy (non-hydrogen) atoms. The minimum atomic E-state index is -3.63. The predicted octanol–water partition coefficient (Wildman–Crippen LogP) is 3.72. The van der Waals surface area contributed by atoms with Crippen molar-refractivity contribution in [2.75, 3.05) is 14.2 Å². The van der Waals surface area contributed by atoms with Gasteiger partial charge in [0, 0.05) is 5.56 Å². The number of rotatable bonds is 5. The van der Waals surface area contributed by atoms with Gasteiger partial charge >= 0.3 is 5.97 Å². The maximum atomic E-state index is 12.4. The maximum Gasteiger partial charge on any atom is 0.338 e.